The fourth-order valence-electron chi connectivity index (χ4n) is 3.27. The predicted molar refractivity (Wildman–Crippen MR) is 93.8 cm³/mol. The molecule has 1 fully saturated rings. The Bertz CT molecular complexity index is 761. The van der Waals surface area contributed by atoms with Crippen LogP contribution in [0.5, 0.6) is 0 Å². The Kier molecular flexibility index (Phi) is 5.62. The molecule has 2 N–H and O–H groups in total. The molecule has 2 aromatic heterocycles. The summed E-state index contributed by atoms with van der Waals surface area (Å²) in [6, 6.07) is 3.68. The van der Waals surface area contributed by atoms with E-state index in [0.29, 0.717) is 32.6 Å². The number of amides is 1. The molecule has 0 aliphatic carbocycles. The Morgan fingerprint density at radius 1 is 1.23 bits per heavy atom. The van der Waals surface area contributed by atoms with Crippen molar-refractivity contribution in [3.05, 3.63) is 48.3 Å². The summed E-state index contributed by atoms with van der Waals surface area (Å²) < 4.78 is 1.91. The lowest BCUT2D eigenvalue weighted by Crippen LogP contribution is -2.48. The van der Waals surface area contributed by atoms with Crippen LogP contribution in [0.2, 0.25) is 0 Å². The van der Waals surface area contributed by atoms with Gasteiger partial charge in [-0.25, -0.2) is 4.98 Å². The third-order valence-electron chi connectivity index (χ3n) is 4.75. The van der Waals surface area contributed by atoms with Crippen LogP contribution in [0.4, 0.5) is 0 Å². The van der Waals surface area contributed by atoms with Crippen molar-refractivity contribution >= 4 is 11.9 Å². The normalized spacial score (nSPS) is 20.7. The van der Waals surface area contributed by atoms with Gasteiger partial charge in [0.1, 0.15) is 5.82 Å². The van der Waals surface area contributed by atoms with Gasteiger partial charge >= 0.3 is 5.97 Å². The first kappa shape index (κ1) is 18.1. The molecular formula is C18H23N5O3. The maximum absolute atomic E-state index is 12.6. The summed E-state index contributed by atoms with van der Waals surface area (Å²) in [7, 11) is 1.90. The van der Waals surface area contributed by atoms with Crippen LogP contribution in [0.3, 0.4) is 0 Å². The average molecular weight is 357 g/mol. The summed E-state index contributed by atoms with van der Waals surface area (Å²) in [5, 5.41) is 12.4. The summed E-state index contributed by atoms with van der Waals surface area (Å²) in [6.45, 7) is 1.89. The monoisotopic (exact) mass is 357 g/mol. The topological polar surface area (TPSA) is 100 Å². The number of carboxylic acids is 1. The summed E-state index contributed by atoms with van der Waals surface area (Å²) in [6.07, 6.45) is 7.28. The van der Waals surface area contributed by atoms with Gasteiger partial charge in [-0.2, -0.15) is 0 Å². The molecule has 3 heterocycles. The van der Waals surface area contributed by atoms with Gasteiger partial charge in [-0.1, -0.05) is 0 Å². The lowest BCUT2D eigenvalue weighted by molar-refractivity contribution is -0.145. The highest BCUT2D eigenvalue weighted by Gasteiger charge is 2.35. The van der Waals surface area contributed by atoms with Gasteiger partial charge in [-0.3, -0.25) is 19.5 Å². The third kappa shape index (κ3) is 4.45. The lowest BCUT2D eigenvalue weighted by Gasteiger charge is -2.35. The van der Waals surface area contributed by atoms with Crippen LogP contribution in [0.1, 0.15) is 17.8 Å². The largest absolute Gasteiger partial charge is 0.481 e. The summed E-state index contributed by atoms with van der Waals surface area (Å²) in [5.41, 5.74) is 0.962. The standard InChI is InChI=1S/C18H23N5O3/c1-22-7-6-20-16(22)12-23-10-14(8-15(11-23)18(25)26)17(24)21-9-13-2-4-19-5-3-13/h2-7,14-15H,8-12H2,1H3,(H,21,24)(H,25,26)/t14-,15+/m0/s1. The minimum Gasteiger partial charge on any atom is -0.481 e. The van der Waals surface area contributed by atoms with E-state index in [9.17, 15) is 14.7 Å². The number of rotatable bonds is 6. The van der Waals surface area contributed by atoms with Crippen molar-refractivity contribution < 1.29 is 14.7 Å². The van der Waals surface area contributed by atoms with Crippen molar-refractivity contribution in [2.45, 2.75) is 19.5 Å². The number of aromatic nitrogens is 3. The average Bonchev–Trinajstić information content (AvgIpc) is 3.05. The fraction of sp³-hybridized carbons (Fsp3) is 0.444. The summed E-state index contributed by atoms with van der Waals surface area (Å²) in [4.78, 5) is 34.4. The highest BCUT2D eigenvalue weighted by Crippen LogP contribution is 2.24. The van der Waals surface area contributed by atoms with E-state index in [2.05, 4.69) is 15.3 Å². The zero-order valence-electron chi connectivity index (χ0n) is 14.7. The van der Waals surface area contributed by atoms with E-state index in [1.165, 1.54) is 0 Å². The zero-order chi connectivity index (χ0) is 18.5. The predicted octanol–water partition coefficient (Wildman–Crippen LogP) is 0.654. The van der Waals surface area contributed by atoms with Crippen LogP contribution in [-0.2, 0) is 29.7 Å². The van der Waals surface area contributed by atoms with Gasteiger partial charge in [0.2, 0.25) is 5.91 Å². The van der Waals surface area contributed by atoms with Gasteiger partial charge < -0.3 is 15.0 Å². The quantitative estimate of drug-likeness (QED) is 0.787. The molecule has 1 saturated heterocycles. The molecule has 1 aliphatic rings. The maximum Gasteiger partial charge on any atom is 0.307 e. The second kappa shape index (κ2) is 8.09. The molecule has 1 amide bonds. The number of pyridine rings is 1. The summed E-state index contributed by atoms with van der Waals surface area (Å²) in [5.74, 6) is -1.03. The highest BCUT2D eigenvalue weighted by molar-refractivity contribution is 5.80. The number of hydrogen-bond donors (Lipinski definition) is 2. The smallest absolute Gasteiger partial charge is 0.307 e. The fourth-order valence-corrected chi connectivity index (χ4v) is 3.27. The number of imidazole rings is 1. The molecule has 26 heavy (non-hydrogen) atoms. The van der Waals surface area contributed by atoms with Crippen LogP contribution in [0.25, 0.3) is 0 Å². The number of carbonyl (C=O) groups excluding carboxylic acids is 1. The number of carbonyl (C=O) groups is 2. The molecule has 2 atom stereocenters. The summed E-state index contributed by atoms with van der Waals surface area (Å²) >= 11 is 0. The molecule has 0 spiro atoms. The molecule has 138 valence electrons. The zero-order valence-corrected chi connectivity index (χ0v) is 14.7. The molecule has 8 heteroatoms. The van der Waals surface area contributed by atoms with Crippen molar-refractivity contribution in [3.63, 3.8) is 0 Å². The second-order valence-corrected chi connectivity index (χ2v) is 6.69. The first-order valence-electron chi connectivity index (χ1n) is 8.61. The van der Waals surface area contributed by atoms with Crippen molar-refractivity contribution in [2.75, 3.05) is 13.1 Å². The molecule has 1 aliphatic heterocycles. The molecule has 8 nitrogen and oxygen atoms in total. The molecule has 0 saturated carbocycles. The van der Waals surface area contributed by atoms with E-state index in [0.717, 1.165) is 11.4 Å². The molecule has 0 radical (unpaired) electrons. The molecule has 3 rings (SSSR count). The second-order valence-electron chi connectivity index (χ2n) is 6.69. The van der Waals surface area contributed by atoms with Crippen LogP contribution in [-0.4, -0.2) is 49.5 Å². The van der Waals surface area contributed by atoms with E-state index < -0.39 is 11.9 Å². The highest BCUT2D eigenvalue weighted by atomic mass is 16.4. The van der Waals surface area contributed by atoms with Crippen molar-refractivity contribution in [1.29, 1.82) is 0 Å². The van der Waals surface area contributed by atoms with E-state index in [1.54, 1.807) is 18.6 Å². The lowest BCUT2D eigenvalue weighted by atomic mass is 9.88. The van der Waals surface area contributed by atoms with Crippen molar-refractivity contribution in [3.8, 4) is 0 Å². The minimum atomic E-state index is -0.860. The molecule has 0 unspecified atom stereocenters. The molecule has 0 aromatic carbocycles. The minimum absolute atomic E-state index is 0.113. The number of aliphatic carboxylic acids is 1. The number of likely N-dealkylation sites (tertiary alicyclic amines) is 1. The Hall–Kier alpha value is -2.74. The Morgan fingerprint density at radius 3 is 2.62 bits per heavy atom. The maximum atomic E-state index is 12.6. The van der Waals surface area contributed by atoms with Gasteiger partial charge in [0, 0.05) is 51.5 Å². The van der Waals surface area contributed by atoms with Crippen LogP contribution >= 0.6 is 0 Å². The van der Waals surface area contributed by atoms with Crippen LogP contribution in [0.15, 0.2) is 36.9 Å². The van der Waals surface area contributed by atoms with Gasteiger partial charge in [0.05, 0.1) is 18.4 Å². The van der Waals surface area contributed by atoms with Gasteiger partial charge in [-0.05, 0) is 24.1 Å². The number of piperidine rings is 1. The Balaban J connectivity index is 1.64. The SMILES string of the molecule is Cn1ccnc1CN1C[C@H](C(=O)O)C[C@H](C(=O)NCc2ccncc2)C1. The third-order valence-corrected chi connectivity index (χ3v) is 4.75. The van der Waals surface area contributed by atoms with Crippen molar-refractivity contribution in [1.82, 2.24) is 24.8 Å². The van der Waals surface area contributed by atoms with Gasteiger partial charge in [0.15, 0.2) is 0 Å². The van der Waals surface area contributed by atoms with Gasteiger partial charge in [0.25, 0.3) is 0 Å². The number of hydrogen-bond acceptors (Lipinski definition) is 5. The first-order valence-corrected chi connectivity index (χ1v) is 8.61. The van der Waals surface area contributed by atoms with E-state index in [4.69, 9.17) is 0 Å². The van der Waals surface area contributed by atoms with Gasteiger partial charge in [-0.15, -0.1) is 0 Å². The molecule has 2 aromatic rings. The van der Waals surface area contributed by atoms with E-state index in [1.807, 2.05) is 34.8 Å². The van der Waals surface area contributed by atoms with E-state index >= 15 is 0 Å². The number of nitrogens with zero attached hydrogens (tertiary/aromatic N) is 4. The number of nitrogens with one attached hydrogen (secondary N) is 1. The Labute approximate surface area is 151 Å². The van der Waals surface area contributed by atoms with Crippen LogP contribution in [0, 0.1) is 11.8 Å². The van der Waals surface area contributed by atoms with Crippen LogP contribution < -0.4 is 5.32 Å². The van der Waals surface area contributed by atoms with E-state index in [-0.39, 0.29) is 11.8 Å². The molecular weight excluding hydrogens is 334 g/mol. The number of carboxylic acid groups (broad SMARTS) is 1. The Morgan fingerprint density at radius 2 is 1.96 bits per heavy atom. The van der Waals surface area contributed by atoms with Crippen molar-refractivity contribution in [2.24, 2.45) is 18.9 Å². The molecule has 0 bridgehead atoms. The first-order chi connectivity index (χ1) is 12.5. The number of aryl methyl sites for hydroxylation is 1.